The van der Waals surface area contributed by atoms with Crippen molar-refractivity contribution in [2.75, 3.05) is 11.9 Å². The van der Waals surface area contributed by atoms with E-state index in [2.05, 4.69) is 15.3 Å². The summed E-state index contributed by atoms with van der Waals surface area (Å²) in [4.78, 5) is 30.9. The lowest BCUT2D eigenvalue weighted by Crippen LogP contribution is -2.14. The van der Waals surface area contributed by atoms with E-state index in [0.29, 0.717) is 35.1 Å². The van der Waals surface area contributed by atoms with Crippen LogP contribution in [0.3, 0.4) is 0 Å². The van der Waals surface area contributed by atoms with E-state index in [-0.39, 0.29) is 11.5 Å². The molecule has 3 aromatic rings. The average Bonchev–Trinajstić information content (AvgIpc) is 2.97. The maximum Gasteiger partial charge on any atom is 0.275 e. The third-order valence-electron chi connectivity index (χ3n) is 3.21. The van der Waals surface area contributed by atoms with Crippen molar-refractivity contribution < 1.29 is 4.79 Å². The molecule has 4 N–H and O–H groups in total. The first kappa shape index (κ1) is 14.4. The Kier molecular flexibility index (Phi) is 3.99. The molecule has 6 nitrogen and oxygen atoms in total. The number of rotatable bonds is 4. The third kappa shape index (κ3) is 2.76. The second kappa shape index (κ2) is 6.08. The third-order valence-corrected chi connectivity index (χ3v) is 4.11. The second-order valence-corrected chi connectivity index (χ2v) is 5.64. The Morgan fingerprint density at radius 1 is 1.32 bits per heavy atom. The summed E-state index contributed by atoms with van der Waals surface area (Å²) in [5, 5.41) is 6.57. The fourth-order valence-electron chi connectivity index (χ4n) is 2.17. The molecule has 3 rings (SSSR count). The van der Waals surface area contributed by atoms with Crippen LogP contribution in [0.5, 0.6) is 0 Å². The number of carbonyl (C=O) groups is 1. The smallest absolute Gasteiger partial charge is 0.275 e. The topological polar surface area (TPSA) is 101 Å². The van der Waals surface area contributed by atoms with Crippen molar-refractivity contribution in [3.63, 3.8) is 0 Å². The summed E-state index contributed by atoms with van der Waals surface area (Å²) in [6, 6.07) is 6.96. The summed E-state index contributed by atoms with van der Waals surface area (Å²) in [6.45, 7) is 0.501. The molecule has 0 bridgehead atoms. The lowest BCUT2D eigenvalue weighted by molar-refractivity contribution is 0.102. The first-order valence-electron chi connectivity index (χ1n) is 6.75. The average molecular weight is 314 g/mol. The summed E-state index contributed by atoms with van der Waals surface area (Å²) in [5.41, 5.74) is 6.23. The van der Waals surface area contributed by atoms with E-state index >= 15 is 0 Å². The predicted octanol–water partition coefficient (Wildman–Crippen LogP) is 1.74. The largest absolute Gasteiger partial charge is 0.330 e. The number of pyridine rings is 1. The molecule has 2 heterocycles. The number of carbonyl (C=O) groups excluding carboxylic acids is 1. The molecule has 2 aromatic heterocycles. The quantitative estimate of drug-likeness (QED) is 0.682. The minimum atomic E-state index is -0.299. The van der Waals surface area contributed by atoms with Gasteiger partial charge < -0.3 is 16.0 Å². The van der Waals surface area contributed by atoms with Gasteiger partial charge in [-0.3, -0.25) is 9.59 Å². The summed E-state index contributed by atoms with van der Waals surface area (Å²) >= 11 is 1.41. The van der Waals surface area contributed by atoms with Crippen molar-refractivity contribution in [1.82, 2.24) is 9.97 Å². The van der Waals surface area contributed by atoms with Gasteiger partial charge in [0.2, 0.25) is 0 Å². The van der Waals surface area contributed by atoms with Crippen molar-refractivity contribution >= 4 is 33.7 Å². The van der Waals surface area contributed by atoms with Crippen molar-refractivity contribution in [3.05, 3.63) is 56.9 Å². The summed E-state index contributed by atoms with van der Waals surface area (Å²) in [6.07, 6.45) is 2.21. The number of aromatic nitrogens is 2. The van der Waals surface area contributed by atoms with Gasteiger partial charge in [-0.05, 0) is 24.7 Å². The van der Waals surface area contributed by atoms with Gasteiger partial charge in [0.15, 0.2) is 0 Å². The van der Waals surface area contributed by atoms with E-state index in [4.69, 9.17) is 5.73 Å². The van der Waals surface area contributed by atoms with Gasteiger partial charge in [-0.25, -0.2) is 4.98 Å². The molecule has 0 aliphatic carbocycles. The van der Waals surface area contributed by atoms with Crippen LogP contribution in [-0.2, 0) is 6.42 Å². The van der Waals surface area contributed by atoms with Gasteiger partial charge in [0.05, 0.1) is 5.01 Å². The molecule has 0 spiro atoms. The standard InChI is InChI=1S/C15H14N4O2S/c16-6-4-13-18-12(8-22-13)15(21)19-11-3-1-2-10-9(11)5-7-17-14(10)20/h1-3,5,7-8H,4,6,16H2,(H,17,20)(H,19,21). The Hall–Kier alpha value is -2.51. The van der Waals surface area contributed by atoms with Crippen molar-refractivity contribution in [1.29, 1.82) is 0 Å². The number of nitrogens with one attached hydrogen (secondary N) is 2. The van der Waals surface area contributed by atoms with Gasteiger partial charge in [0.1, 0.15) is 5.69 Å². The highest BCUT2D eigenvalue weighted by Gasteiger charge is 2.12. The number of aromatic amines is 1. The highest BCUT2D eigenvalue weighted by molar-refractivity contribution is 7.09. The van der Waals surface area contributed by atoms with Gasteiger partial charge >= 0.3 is 0 Å². The maximum atomic E-state index is 12.3. The van der Waals surface area contributed by atoms with Crippen molar-refractivity contribution in [2.45, 2.75) is 6.42 Å². The number of nitrogens with two attached hydrogens (primary N) is 1. The van der Waals surface area contributed by atoms with Crippen LogP contribution in [-0.4, -0.2) is 22.4 Å². The van der Waals surface area contributed by atoms with E-state index in [0.717, 1.165) is 5.01 Å². The number of H-pyrrole nitrogens is 1. The Labute approximate surface area is 130 Å². The molecule has 112 valence electrons. The van der Waals surface area contributed by atoms with Crippen LogP contribution < -0.4 is 16.6 Å². The first-order valence-corrected chi connectivity index (χ1v) is 7.63. The molecule has 1 amide bonds. The van der Waals surface area contributed by atoms with E-state index in [1.54, 1.807) is 35.8 Å². The summed E-state index contributed by atoms with van der Waals surface area (Å²) in [7, 11) is 0. The molecule has 0 saturated carbocycles. The minimum absolute atomic E-state index is 0.188. The summed E-state index contributed by atoms with van der Waals surface area (Å²) < 4.78 is 0. The molecule has 22 heavy (non-hydrogen) atoms. The van der Waals surface area contributed by atoms with Crippen molar-refractivity contribution in [2.24, 2.45) is 5.73 Å². The highest BCUT2D eigenvalue weighted by Crippen LogP contribution is 2.21. The van der Waals surface area contributed by atoms with Crippen LogP contribution in [0.4, 0.5) is 5.69 Å². The molecule has 7 heteroatoms. The molecule has 0 saturated heterocycles. The molecular formula is C15H14N4O2S. The first-order chi connectivity index (χ1) is 10.7. The number of anilines is 1. The van der Waals surface area contributed by atoms with Gasteiger partial charge in [-0.2, -0.15) is 0 Å². The van der Waals surface area contributed by atoms with E-state index in [1.807, 2.05) is 0 Å². The Morgan fingerprint density at radius 3 is 3.00 bits per heavy atom. The monoisotopic (exact) mass is 314 g/mol. The Morgan fingerprint density at radius 2 is 2.18 bits per heavy atom. The molecular weight excluding hydrogens is 300 g/mol. The van der Waals surface area contributed by atoms with E-state index in [9.17, 15) is 9.59 Å². The van der Waals surface area contributed by atoms with Gasteiger partial charge in [0, 0.05) is 34.5 Å². The fraction of sp³-hybridized carbons (Fsp3) is 0.133. The zero-order chi connectivity index (χ0) is 15.5. The van der Waals surface area contributed by atoms with Crippen LogP contribution in [0.1, 0.15) is 15.5 Å². The van der Waals surface area contributed by atoms with Gasteiger partial charge in [0.25, 0.3) is 11.5 Å². The van der Waals surface area contributed by atoms with E-state index < -0.39 is 0 Å². The number of fused-ring (bicyclic) bond motifs is 1. The highest BCUT2D eigenvalue weighted by atomic mass is 32.1. The number of hydrogen-bond acceptors (Lipinski definition) is 5. The number of benzene rings is 1. The lowest BCUT2D eigenvalue weighted by atomic mass is 10.1. The molecule has 0 fully saturated rings. The molecule has 0 aliphatic heterocycles. The van der Waals surface area contributed by atoms with Crippen LogP contribution in [0.2, 0.25) is 0 Å². The van der Waals surface area contributed by atoms with Crippen LogP contribution in [0.25, 0.3) is 10.8 Å². The summed E-state index contributed by atoms with van der Waals surface area (Å²) in [5.74, 6) is -0.299. The van der Waals surface area contributed by atoms with Crippen LogP contribution in [0, 0.1) is 0 Å². The zero-order valence-electron chi connectivity index (χ0n) is 11.6. The lowest BCUT2D eigenvalue weighted by Gasteiger charge is -2.06. The number of hydrogen-bond donors (Lipinski definition) is 3. The molecule has 0 radical (unpaired) electrons. The van der Waals surface area contributed by atoms with Crippen LogP contribution in [0.15, 0.2) is 40.6 Å². The number of amides is 1. The molecule has 0 aliphatic rings. The Bertz CT molecular complexity index is 884. The predicted molar refractivity (Wildman–Crippen MR) is 87.4 cm³/mol. The normalized spacial score (nSPS) is 10.8. The maximum absolute atomic E-state index is 12.3. The fourth-order valence-corrected chi connectivity index (χ4v) is 2.96. The van der Waals surface area contributed by atoms with E-state index in [1.165, 1.54) is 11.3 Å². The molecule has 1 aromatic carbocycles. The van der Waals surface area contributed by atoms with Gasteiger partial charge in [-0.1, -0.05) is 6.07 Å². The Balaban J connectivity index is 1.91. The number of thiazole rings is 1. The number of nitrogens with zero attached hydrogens (tertiary/aromatic N) is 1. The zero-order valence-corrected chi connectivity index (χ0v) is 12.4. The molecule has 0 unspecified atom stereocenters. The minimum Gasteiger partial charge on any atom is -0.330 e. The van der Waals surface area contributed by atoms with Gasteiger partial charge in [-0.15, -0.1) is 11.3 Å². The molecule has 0 atom stereocenters. The second-order valence-electron chi connectivity index (χ2n) is 4.69. The van der Waals surface area contributed by atoms with Crippen LogP contribution >= 0.6 is 11.3 Å². The SMILES string of the molecule is NCCc1nc(C(=O)Nc2cccc3c(=O)[nH]ccc23)cs1. The van der Waals surface area contributed by atoms with Crippen molar-refractivity contribution in [3.8, 4) is 0 Å².